The van der Waals surface area contributed by atoms with Crippen LogP contribution in [0.2, 0.25) is 0 Å². The summed E-state index contributed by atoms with van der Waals surface area (Å²) in [4.78, 5) is 24.9. The van der Waals surface area contributed by atoms with E-state index in [1.807, 2.05) is 24.3 Å². The van der Waals surface area contributed by atoms with E-state index >= 15 is 0 Å². The highest BCUT2D eigenvalue weighted by Gasteiger charge is 2.34. The normalized spacial score (nSPS) is 17.0. The maximum atomic E-state index is 12.4. The van der Waals surface area contributed by atoms with E-state index < -0.39 is 5.97 Å². The standard InChI is InChI=1S/C13H11N3O3S/c17-12(18)5-8-6-16(11-4-2-1-3-9(8)11)13(19)10-7-20-15-14-10/h1-4,7-8H,5-6H2,(H,17,18). The number of para-hydroxylation sites is 1. The van der Waals surface area contributed by atoms with E-state index in [9.17, 15) is 9.59 Å². The van der Waals surface area contributed by atoms with Gasteiger partial charge in [0.15, 0.2) is 5.69 Å². The number of aliphatic carboxylic acids is 1. The summed E-state index contributed by atoms with van der Waals surface area (Å²) in [6, 6.07) is 7.39. The lowest BCUT2D eigenvalue weighted by Gasteiger charge is -2.15. The van der Waals surface area contributed by atoms with E-state index in [-0.39, 0.29) is 18.2 Å². The molecule has 0 bridgehead atoms. The summed E-state index contributed by atoms with van der Waals surface area (Å²) in [5, 5.41) is 14.4. The number of carbonyl (C=O) groups is 2. The molecule has 6 nitrogen and oxygen atoms in total. The van der Waals surface area contributed by atoms with Gasteiger partial charge >= 0.3 is 5.97 Å². The fourth-order valence-electron chi connectivity index (χ4n) is 2.47. The molecule has 1 amide bonds. The molecule has 0 fully saturated rings. The van der Waals surface area contributed by atoms with Gasteiger partial charge < -0.3 is 10.0 Å². The van der Waals surface area contributed by atoms with Gasteiger partial charge in [0.05, 0.1) is 6.42 Å². The Balaban J connectivity index is 1.94. The van der Waals surface area contributed by atoms with Crippen molar-refractivity contribution < 1.29 is 14.7 Å². The van der Waals surface area contributed by atoms with Crippen molar-refractivity contribution in [3.05, 3.63) is 40.9 Å². The lowest BCUT2D eigenvalue weighted by Crippen LogP contribution is -2.30. The molecule has 2 heterocycles. The number of rotatable bonds is 3. The minimum atomic E-state index is -0.866. The first-order chi connectivity index (χ1) is 9.66. The molecule has 1 atom stereocenters. The smallest absolute Gasteiger partial charge is 0.304 e. The van der Waals surface area contributed by atoms with Gasteiger partial charge in [-0.25, -0.2) is 0 Å². The van der Waals surface area contributed by atoms with Crippen LogP contribution < -0.4 is 4.90 Å². The molecule has 7 heteroatoms. The quantitative estimate of drug-likeness (QED) is 0.930. The van der Waals surface area contributed by atoms with E-state index in [2.05, 4.69) is 9.59 Å². The van der Waals surface area contributed by atoms with Crippen molar-refractivity contribution in [2.45, 2.75) is 12.3 Å². The summed E-state index contributed by atoms with van der Waals surface area (Å²) in [6.45, 7) is 0.363. The zero-order valence-electron chi connectivity index (χ0n) is 10.4. The average Bonchev–Trinajstić information content (AvgIpc) is 3.06. The number of carboxylic acids is 1. The van der Waals surface area contributed by atoms with Crippen LogP contribution in [0.5, 0.6) is 0 Å². The summed E-state index contributed by atoms with van der Waals surface area (Å²) in [6.07, 6.45) is 0.0100. The van der Waals surface area contributed by atoms with Crippen molar-refractivity contribution >= 4 is 29.1 Å². The topological polar surface area (TPSA) is 83.4 Å². The Morgan fingerprint density at radius 3 is 2.90 bits per heavy atom. The molecule has 3 rings (SSSR count). The molecule has 1 N–H and O–H groups in total. The average molecular weight is 289 g/mol. The molecule has 1 aromatic heterocycles. The number of benzene rings is 1. The molecule has 1 aliphatic heterocycles. The van der Waals surface area contributed by atoms with Crippen molar-refractivity contribution in [3.63, 3.8) is 0 Å². The molecule has 0 saturated heterocycles. The third kappa shape index (κ3) is 2.16. The minimum Gasteiger partial charge on any atom is -0.481 e. The van der Waals surface area contributed by atoms with Crippen LogP contribution in [0.1, 0.15) is 28.4 Å². The van der Waals surface area contributed by atoms with E-state index in [0.717, 1.165) is 22.8 Å². The molecule has 0 spiro atoms. The lowest BCUT2D eigenvalue weighted by atomic mass is 9.98. The van der Waals surface area contributed by atoms with Crippen molar-refractivity contribution in [1.29, 1.82) is 0 Å². The number of hydrogen-bond donors (Lipinski definition) is 1. The fourth-order valence-corrected chi connectivity index (χ4v) is 2.90. The Hall–Kier alpha value is -2.28. The number of carbonyl (C=O) groups excluding carboxylic acids is 1. The van der Waals surface area contributed by atoms with Crippen LogP contribution in [0.25, 0.3) is 0 Å². The SMILES string of the molecule is O=C(O)CC1CN(C(=O)c2csnn2)c2ccccc21. The number of amides is 1. The molecular weight excluding hydrogens is 278 g/mol. The molecule has 0 radical (unpaired) electrons. The van der Waals surface area contributed by atoms with Gasteiger partial charge in [-0.05, 0) is 23.2 Å². The largest absolute Gasteiger partial charge is 0.481 e. The van der Waals surface area contributed by atoms with Gasteiger partial charge in [-0.2, -0.15) is 0 Å². The van der Waals surface area contributed by atoms with Crippen LogP contribution in [0.15, 0.2) is 29.6 Å². The maximum absolute atomic E-state index is 12.4. The maximum Gasteiger partial charge on any atom is 0.304 e. The van der Waals surface area contributed by atoms with Crippen molar-refractivity contribution in [2.24, 2.45) is 0 Å². The predicted octanol–water partition coefficient (Wildman–Crippen LogP) is 1.76. The van der Waals surface area contributed by atoms with Crippen LogP contribution in [-0.4, -0.2) is 33.1 Å². The Labute approximate surface area is 118 Å². The van der Waals surface area contributed by atoms with Gasteiger partial charge in [0.25, 0.3) is 5.91 Å². The Morgan fingerprint density at radius 2 is 2.20 bits per heavy atom. The molecule has 0 saturated carbocycles. The molecule has 2 aromatic rings. The van der Waals surface area contributed by atoms with E-state index in [1.54, 1.807) is 10.3 Å². The lowest BCUT2D eigenvalue weighted by molar-refractivity contribution is -0.137. The highest BCUT2D eigenvalue weighted by molar-refractivity contribution is 7.03. The summed E-state index contributed by atoms with van der Waals surface area (Å²) < 4.78 is 3.69. The van der Waals surface area contributed by atoms with Crippen LogP contribution in [0.4, 0.5) is 5.69 Å². The monoisotopic (exact) mass is 289 g/mol. The van der Waals surface area contributed by atoms with Gasteiger partial charge in [0.2, 0.25) is 0 Å². The van der Waals surface area contributed by atoms with E-state index in [4.69, 9.17) is 5.11 Å². The van der Waals surface area contributed by atoms with Crippen molar-refractivity contribution in [1.82, 2.24) is 9.59 Å². The summed E-state index contributed by atoms with van der Waals surface area (Å²) in [5.41, 5.74) is 1.95. The number of hydrogen-bond acceptors (Lipinski definition) is 5. The zero-order chi connectivity index (χ0) is 14.1. The van der Waals surface area contributed by atoms with Crippen LogP contribution >= 0.6 is 11.5 Å². The minimum absolute atomic E-state index is 0.0100. The third-order valence-corrected chi connectivity index (χ3v) is 3.82. The van der Waals surface area contributed by atoms with Gasteiger partial charge in [0.1, 0.15) is 0 Å². The molecule has 1 aromatic carbocycles. The third-order valence-electron chi connectivity index (χ3n) is 3.32. The Morgan fingerprint density at radius 1 is 1.40 bits per heavy atom. The number of aromatic nitrogens is 2. The predicted molar refractivity (Wildman–Crippen MR) is 73.0 cm³/mol. The second kappa shape index (κ2) is 5.01. The van der Waals surface area contributed by atoms with Gasteiger partial charge in [-0.15, -0.1) is 5.10 Å². The van der Waals surface area contributed by atoms with E-state index in [0.29, 0.717) is 12.2 Å². The number of nitrogens with zero attached hydrogens (tertiary/aromatic N) is 3. The molecule has 1 unspecified atom stereocenters. The Kier molecular flexibility index (Phi) is 3.19. The molecule has 0 aliphatic carbocycles. The first kappa shape index (κ1) is 12.7. The number of anilines is 1. The molecule has 102 valence electrons. The van der Waals surface area contributed by atoms with Crippen molar-refractivity contribution in [3.8, 4) is 0 Å². The van der Waals surface area contributed by atoms with Gasteiger partial charge in [0, 0.05) is 23.5 Å². The molecular formula is C13H11N3O3S. The second-order valence-electron chi connectivity index (χ2n) is 4.56. The highest BCUT2D eigenvalue weighted by atomic mass is 32.1. The first-order valence-corrected chi connectivity index (χ1v) is 6.90. The van der Waals surface area contributed by atoms with Crippen LogP contribution in [0, 0.1) is 0 Å². The summed E-state index contributed by atoms with van der Waals surface area (Å²) in [7, 11) is 0. The molecule has 1 aliphatic rings. The van der Waals surface area contributed by atoms with Gasteiger partial charge in [-0.1, -0.05) is 22.7 Å². The summed E-state index contributed by atoms with van der Waals surface area (Å²) in [5.74, 6) is -1.28. The fraction of sp³-hybridized carbons (Fsp3) is 0.231. The van der Waals surface area contributed by atoms with E-state index in [1.165, 1.54) is 0 Å². The molecule has 20 heavy (non-hydrogen) atoms. The van der Waals surface area contributed by atoms with Gasteiger partial charge in [-0.3, -0.25) is 9.59 Å². The van der Waals surface area contributed by atoms with Crippen LogP contribution in [-0.2, 0) is 4.79 Å². The highest BCUT2D eigenvalue weighted by Crippen LogP contribution is 2.38. The first-order valence-electron chi connectivity index (χ1n) is 6.06. The zero-order valence-corrected chi connectivity index (χ0v) is 11.2. The van der Waals surface area contributed by atoms with Crippen molar-refractivity contribution in [2.75, 3.05) is 11.4 Å². The second-order valence-corrected chi connectivity index (χ2v) is 5.17. The van der Waals surface area contributed by atoms with Crippen LogP contribution in [0.3, 0.4) is 0 Å². The number of carboxylic acid groups (broad SMARTS) is 1. The Bertz CT molecular complexity index is 657. The summed E-state index contributed by atoms with van der Waals surface area (Å²) >= 11 is 1.12. The number of fused-ring (bicyclic) bond motifs is 1.